The molecule has 6 atom stereocenters. The van der Waals surface area contributed by atoms with Crippen LogP contribution in [-0.4, -0.2) is 79.8 Å². The second kappa shape index (κ2) is 8.32. The number of methoxy groups -OCH3 is 1. The van der Waals surface area contributed by atoms with Crippen LogP contribution in [0.15, 0.2) is 71.7 Å². The van der Waals surface area contributed by atoms with Gasteiger partial charge in [-0.05, 0) is 52.6 Å². The molecule has 0 amide bonds. The Morgan fingerprint density at radius 2 is 1.32 bits per heavy atom. The summed E-state index contributed by atoms with van der Waals surface area (Å²) in [6.45, 7) is -0.489. The molecule has 0 unspecified atom stereocenters. The quantitative estimate of drug-likeness (QED) is 0.274. The monoisotopic (exact) mass is 600 g/mol. The van der Waals surface area contributed by atoms with Crippen LogP contribution < -0.4 is 0 Å². The second-order valence-corrected chi connectivity index (χ2v) is 12.6. The molecule has 2 fully saturated rings. The highest BCUT2D eigenvalue weighted by atomic mass is 16.5. The van der Waals surface area contributed by atoms with Crippen LogP contribution in [0.3, 0.4) is 0 Å². The van der Waals surface area contributed by atoms with Gasteiger partial charge in [-0.25, -0.2) is 0 Å². The van der Waals surface area contributed by atoms with Crippen molar-refractivity contribution < 1.29 is 54.4 Å². The molecule has 0 aromatic heterocycles. The molecule has 2 aromatic carbocycles. The van der Waals surface area contributed by atoms with Gasteiger partial charge in [-0.2, -0.15) is 0 Å². The Morgan fingerprint density at radius 3 is 1.95 bits per heavy atom. The topological polar surface area (TPSA) is 183 Å². The number of phenols is 4. The average molecular weight is 601 g/mol. The van der Waals surface area contributed by atoms with Crippen molar-refractivity contribution in [3.8, 4) is 23.0 Å². The summed E-state index contributed by atoms with van der Waals surface area (Å²) in [7, 11) is 1.42. The minimum absolute atomic E-state index is 0.0276. The highest BCUT2D eigenvalue weighted by molar-refractivity contribution is 6.08. The van der Waals surface area contributed by atoms with Crippen LogP contribution in [0, 0.1) is 5.92 Å². The summed E-state index contributed by atoms with van der Waals surface area (Å²) >= 11 is 0. The van der Waals surface area contributed by atoms with E-state index in [-0.39, 0.29) is 60.4 Å². The van der Waals surface area contributed by atoms with Gasteiger partial charge in [0.15, 0.2) is 34.6 Å². The zero-order valence-corrected chi connectivity index (χ0v) is 23.4. The predicted octanol–water partition coefficient (Wildman–Crippen LogP) is 1.37. The number of aromatic hydroxyl groups is 4. The standard InChI is InChI=1S/C33H28O11/c1-42-29-31(41)11-16-5-23(37)25(39)8-20(16)33(29)12-18(21(35)9-27(33)44-14-31)28-30(40)10-15-4-22(36)24(38)7-19(15)32(28)3-2-17(34)6-26(32)43-13-30/h2-9,12,28-29,36-41H,10-11,13-14H2,1H3/t28-,29-,30-,31+,32+,33+/m0/s1. The summed E-state index contributed by atoms with van der Waals surface area (Å²) < 4.78 is 18.0. The van der Waals surface area contributed by atoms with Crippen LogP contribution >= 0.6 is 0 Å². The first kappa shape index (κ1) is 27.0. The molecule has 2 saturated heterocycles. The molecule has 2 heterocycles. The van der Waals surface area contributed by atoms with Crippen molar-refractivity contribution in [3.05, 3.63) is 94.0 Å². The van der Waals surface area contributed by atoms with Crippen LogP contribution in [0.4, 0.5) is 0 Å². The maximum Gasteiger partial charge on any atom is 0.185 e. The molecule has 4 bridgehead atoms. The van der Waals surface area contributed by atoms with Gasteiger partial charge in [0.2, 0.25) is 0 Å². The maximum absolute atomic E-state index is 14.2. The molecule has 8 rings (SSSR count). The molecule has 226 valence electrons. The SMILES string of the molecule is CO[C@H]1[C@]2(O)COC3=CC(=O)C([C@H]4[C@@]5(O)COC6=CC(=O)C=C[C@@]64c4cc(O)c(O)cc4C5)=C[C@@]31c1cc(O)c(O)cc1C2. The number of carbonyl (C=O) groups is 2. The lowest BCUT2D eigenvalue weighted by Crippen LogP contribution is -2.68. The second-order valence-electron chi connectivity index (χ2n) is 12.6. The van der Waals surface area contributed by atoms with Gasteiger partial charge in [0, 0.05) is 43.6 Å². The summed E-state index contributed by atoms with van der Waals surface area (Å²) in [6.07, 6.45) is 6.01. The van der Waals surface area contributed by atoms with E-state index >= 15 is 0 Å². The molecule has 2 aliphatic heterocycles. The molecular weight excluding hydrogens is 572 g/mol. The Hall–Kier alpha value is -4.58. The molecule has 6 N–H and O–H groups in total. The molecule has 11 heteroatoms. The Kier molecular flexibility index (Phi) is 5.11. The van der Waals surface area contributed by atoms with E-state index in [2.05, 4.69) is 0 Å². The van der Waals surface area contributed by atoms with Crippen molar-refractivity contribution in [2.24, 2.45) is 5.92 Å². The molecule has 2 aromatic rings. The van der Waals surface area contributed by atoms with Crippen molar-refractivity contribution in [1.82, 2.24) is 0 Å². The summed E-state index contributed by atoms with van der Waals surface area (Å²) in [6, 6.07) is 5.44. The van der Waals surface area contributed by atoms with Gasteiger partial charge in [0.1, 0.15) is 47.5 Å². The molecule has 11 nitrogen and oxygen atoms in total. The Morgan fingerprint density at radius 1 is 0.773 bits per heavy atom. The normalized spacial score (nSPS) is 35.9. The highest BCUT2D eigenvalue weighted by Gasteiger charge is 2.67. The number of rotatable bonds is 2. The number of fused-ring (bicyclic) bond motifs is 4. The Balaban J connectivity index is 1.45. The van der Waals surface area contributed by atoms with Gasteiger partial charge < -0.3 is 44.8 Å². The van der Waals surface area contributed by atoms with Gasteiger partial charge in [-0.15, -0.1) is 0 Å². The van der Waals surface area contributed by atoms with Crippen LogP contribution in [0.25, 0.3) is 0 Å². The van der Waals surface area contributed by atoms with E-state index in [9.17, 15) is 40.2 Å². The van der Waals surface area contributed by atoms with E-state index in [1.54, 1.807) is 12.2 Å². The van der Waals surface area contributed by atoms with E-state index in [1.807, 2.05) is 0 Å². The molecule has 0 saturated carbocycles. The fraction of sp³-hybridized carbons (Fsp3) is 0.333. The van der Waals surface area contributed by atoms with Gasteiger partial charge in [0.05, 0.1) is 5.41 Å². The van der Waals surface area contributed by atoms with Gasteiger partial charge in [0.25, 0.3) is 0 Å². The summed E-state index contributed by atoms with van der Waals surface area (Å²) in [5, 5.41) is 66.2. The fourth-order valence-corrected chi connectivity index (χ4v) is 8.63. The first-order valence-corrected chi connectivity index (χ1v) is 14.1. The Labute approximate surface area is 250 Å². The molecule has 44 heavy (non-hydrogen) atoms. The molecule has 0 radical (unpaired) electrons. The number of hydrogen-bond donors (Lipinski definition) is 6. The zero-order chi connectivity index (χ0) is 31.0. The van der Waals surface area contributed by atoms with Gasteiger partial charge in [-0.3, -0.25) is 9.59 Å². The Bertz CT molecular complexity index is 1850. The van der Waals surface area contributed by atoms with Crippen LogP contribution in [0.2, 0.25) is 0 Å². The van der Waals surface area contributed by atoms with Crippen molar-refractivity contribution in [1.29, 1.82) is 0 Å². The largest absolute Gasteiger partial charge is 0.504 e. The van der Waals surface area contributed by atoms with Crippen molar-refractivity contribution >= 4 is 11.6 Å². The van der Waals surface area contributed by atoms with Crippen molar-refractivity contribution in [2.75, 3.05) is 20.3 Å². The van der Waals surface area contributed by atoms with E-state index in [0.717, 1.165) is 0 Å². The fourth-order valence-electron chi connectivity index (χ4n) is 8.63. The van der Waals surface area contributed by atoms with E-state index in [0.29, 0.717) is 22.3 Å². The predicted molar refractivity (Wildman–Crippen MR) is 150 cm³/mol. The molecule has 4 aliphatic carbocycles. The number of benzene rings is 2. The average Bonchev–Trinajstić information content (AvgIpc) is 2.96. The van der Waals surface area contributed by atoms with E-state index in [1.165, 1.54) is 49.6 Å². The molecule has 2 spiro atoms. The third-order valence-electron chi connectivity index (χ3n) is 10.2. The third kappa shape index (κ3) is 3.11. The first-order valence-electron chi connectivity index (χ1n) is 14.1. The van der Waals surface area contributed by atoms with E-state index in [4.69, 9.17) is 14.2 Å². The minimum Gasteiger partial charge on any atom is -0.504 e. The molecular formula is C33H28O11. The maximum atomic E-state index is 14.2. The lowest BCUT2D eigenvalue weighted by atomic mass is 9.49. The van der Waals surface area contributed by atoms with Gasteiger partial charge >= 0.3 is 0 Å². The highest BCUT2D eigenvalue weighted by Crippen LogP contribution is 2.62. The van der Waals surface area contributed by atoms with Crippen LogP contribution in [0.5, 0.6) is 23.0 Å². The number of ether oxygens (including phenoxy) is 3. The lowest BCUT2D eigenvalue weighted by Gasteiger charge is -2.59. The zero-order valence-electron chi connectivity index (χ0n) is 23.4. The minimum atomic E-state index is -1.75. The third-order valence-corrected chi connectivity index (χ3v) is 10.2. The van der Waals surface area contributed by atoms with E-state index < -0.39 is 51.3 Å². The number of aliphatic hydroxyl groups is 2. The first-order chi connectivity index (χ1) is 20.9. The van der Waals surface area contributed by atoms with Crippen molar-refractivity contribution in [3.63, 3.8) is 0 Å². The summed E-state index contributed by atoms with van der Waals surface area (Å²) in [5.74, 6) is -3.22. The number of hydrogen-bond acceptors (Lipinski definition) is 11. The smallest absolute Gasteiger partial charge is 0.185 e. The van der Waals surface area contributed by atoms with Crippen molar-refractivity contribution in [2.45, 2.75) is 41.0 Å². The molecule has 6 aliphatic rings. The van der Waals surface area contributed by atoms with Crippen LogP contribution in [-0.2, 0) is 47.5 Å². The number of ketones is 2. The van der Waals surface area contributed by atoms with Gasteiger partial charge in [-0.1, -0.05) is 12.2 Å². The number of phenolic OH excluding ortho intramolecular Hbond substituents is 4. The lowest BCUT2D eigenvalue weighted by molar-refractivity contribution is -0.183. The number of allylic oxidation sites excluding steroid dienone is 4. The summed E-state index contributed by atoms with van der Waals surface area (Å²) in [4.78, 5) is 26.8. The summed E-state index contributed by atoms with van der Waals surface area (Å²) in [5.41, 5.74) is -4.27. The van der Waals surface area contributed by atoms with Crippen LogP contribution in [0.1, 0.15) is 22.3 Å². The number of carbonyl (C=O) groups excluding carboxylic acids is 2.